The monoisotopic (exact) mass is 414 g/mol. The summed E-state index contributed by atoms with van der Waals surface area (Å²) in [5.41, 5.74) is -2.37. The zero-order chi connectivity index (χ0) is 22.2. The molecule has 0 saturated heterocycles. The third-order valence-electron chi connectivity index (χ3n) is 4.31. The number of benzene rings is 2. The van der Waals surface area contributed by atoms with Gasteiger partial charge in [0.1, 0.15) is 22.5 Å². The molecule has 3 aromatic rings. The van der Waals surface area contributed by atoms with Gasteiger partial charge >= 0.3 is 17.3 Å². The second kappa shape index (κ2) is 7.54. The number of hydrogen-bond acceptors (Lipinski definition) is 9. The van der Waals surface area contributed by atoms with Crippen LogP contribution in [-0.2, 0) is 4.74 Å². The zero-order valence-corrected chi connectivity index (χ0v) is 15.6. The van der Waals surface area contributed by atoms with Crippen LogP contribution in [-0.4, -0.2) is 34.1 Å². The van der Waals surface area contributed by atoms with E-state index in [1.54, 1.807) is 0 Å². The maximum absolute atomic E-state index is 12.6. The first-order valence-electron chi connectivity index (χ1n) is 8.31. The Morgan fingerprint density at radius 2 is 1.87 bits per heavy atom. The molecule has 0 fully saturated rings. The number of esters is 1. The summed E-state index contributed by atoms with van der Waals surface area (Å²) in [6, 6.07) is 5.66. The molecular weight excluding hydrogens is 400 g/mol. The summed E-state index contributed by atoms with van der Waals surface area (Å²) in [7, 11) is 1.12. The number of nitrogens with zero attached hydrogens (tertiary/aromatic N) is 1. The second-order valence-corrected chi connectivity index (χ2v) is 6.17. The van der Waals surface area contributed by atoms with Crippen LogP contribution >= 0.6 is 0 Å². The van der Waals surface area contributed by atoms with E-state index in [4.69, 9.17) is 4.42 Å². The number of nitrogens with one attached hydrogen (secondary N) is 1. The Labute approximate surface area is 167 Å². The molecule has 0 bridgehead atoms. The highest BCUT2D eigenvalue weighted by Gasteiger charge is 2.23. The summed E-state index contributed by atoms with van der Waals surface area (Å²) in [6.07, 6.45) is 0. The second-order valence-electron chi connectivity index (χ2n) is 6.17. The Bertz CT molecular complexity index is 1280. The molecule has 0 saturated carbocycles. The molecule has 0 aliphatic rings. The molecule has 0 aliphatic heterocycles. The highest BCUT2D eigenvalue weighted by molar-refractivity contribution is 6.06. The van der Waals surface area contributed by atoms with E-state index in [0.717, 1.165) is 31.4 Å². The van der Waals surface area contributed by atoms with Crippen LogP contribution < -0.4 is 10.9 Å². The van der Waals surface area contributed by atoms with Crippen molar-refractivity contribution in [1.29, 1.82) is 0 Å². The number of nitro groups is 1. The lowest BCUT2D eigenvalue weighted by atomic mass is 10.1. The van der Waals surface area contributed by atoms with E-state index < -0.39 is 39.4 Å². The maximum Gasteiger partial charge on any atom is 0.349 e. The van der Waals surface area contributed by atoms with Crippen LogP contribution in [0.1, 0.15) is 26.3 Å². The van der Waals surface area contributed by atoms with Crippen molar-refractivity contribution in [3.63, 3.8) is 0 Å². The molecule has 0 spiro atoms. The number of ether oxygens (including phenoxy) is 1. The average Bonchev–Trinajstić information content (AvgIpc) is 2.71. The molecule has 0 unspecified atom stereocenters. The summed E-state index contributed by atoms with van der Waals surface area (Å²) < 4.78 is 9.61. The van der Waals surface area contributed by atoms with Crippen LogP contribution in [0.15, 0.2) is 39.5 Å². The molecule has 11 nitrogen and oxygen atoms in total. The van der Waals surface area contributed by atoms with Crippen LogP contribution in [0.4, 0.5) is 11.4 Å². The molecule has 3 rings (SSSR count). The van der Waals surface area contributed by atoms with Crippen molar-refractivity contribution in [2.24, 2.45) is 0 Å². The largest absolute Gasteiger partial charge is 0.507 e. The van der Waals surface area contributed by atoms with Crippen LogP contribution in [0.2, 0.25) is 0 Å². The van der Waals surface area contributed by atoms with E-state index in [0.29, 0.717) is 0 Å². The van der Waals surface area contributed by atoms with Crippen molar-refractivity contribution < 1.29 is 33.9 Å². The molecule has 0 atom stereocenters. The molecule has 2 aromatic carbocycles. The van der Waals surface area contributed by atoms with Gasteiger partial charge in [0.25, 0.3) is 5.91 Å². The third-order valence-corrected chi connectivity index (χ3v) is 4.31. The first-order chi connectivity index (χ1) is 14.1. The fourth-order valence-electron chi connectivity index (χ4n) is 2.79. The summed E-state index contributed by atoms with van der Waals surface area (Å²) in [4.78, 5) is 46.8. The highest BCUT2D eigenvalue weighted by atomic mass is 16.6. The number of fused-ring (bicyclic) bond motifs is 1. The van der Waals surface area contributed by atoms with Gasteiger partial charge in [-0.1, -0.05) is 0 Å². The van der Waals surface area contributed by atoms with Gasteiger partial charge in [0.2, 0.25) is 5.75 Å². The lowest BCUT2D eigenvalue weighted by Gasteiger charge is -2.09. The average molecular weight is 414 g/mol. The van der Waals surface area contributed by atoms with E-state index >= 15 is 0 Å². The van der Waals surface area contributed by atoms with Gasteiger partial charge in [0.05, 0.1) is 12.0 Å². The summed E-state index contributed by atoms with van der Waals surface area (Å²) in [5, 5.41) is 33.1. The van der Waals surface area contributed by atoms with Crippen LogP contribution in [0.5, 0.6) is 11.5 Å². The molecule has 30 heavy (non-hydrogen) atoms. The number of nitro benzene ring substituents is 1. The number of anilines is 1. The fraction of sp³-hybridized carbons (Fsp3) is 0.105. The topological polar surface area (TPSA) is 169 Å². The molecule has 3 N–H and O–H groups in total. The smallest absolute Gasteiger partial charge is 0.349 e. The quantitative estimate of drug-likeness (QED) is 0.191. The number of phenols is 2. The Morgan fingerprint density at radius 3 is 2.50 bits per heavy atom. The number of carbonyl (C=O) groups excluding carboxylic acids is 2. The summed E-state index contributed by atoms with van der Waals surface area (Å²) in [6.45, 7) is 1.33. The zero-order valence-electron chi connectivity index (χ0n) is 15.6. The lowest BCUT2D eigenvalue weighted by Crippen LogP contribution is -2.21. The number of carbonyl (C=O) groups is 2. The molecular formula is C19H14N2O9. The van der Waals surface area contributed by atoms with Crippen molar-refractivity contribution in [2.45, 2.75) is 6.92 Å². The number of methoxy groups -OCH3 is 1. The Kier molecular flexibility index (Phi) is 5.11. The number of aryl methyl sites for hydroxylation is 1. The van der Waals surface area contributed by atoms with E-state index in [-0.39, 0.29) is 33.5 Å². The minimum absolute atomic E-state index is 0.0236. The number of hydrogen-bond donors (Lipinski definition) is 3. The van der Waals surface area contributed by atoms with Gasteiger partial charge in [-0.25, -0.2) is 9.59 Å². The van der Waals surface area contributed by atoms with Crippen molar-refractivity contribution in [3.8, 4) is 11.5 Å². The molecule has 1 aromatic heterocycles. The van der Waals surface area contributed by atoms with E-state index in [9.17, 15) is 34.7 Å². The maximum atomic E-state index is 12.6. The van der Waals surface area contributed by atoms with Crippen LogP contribution in [0.25, 0.3) is 11.0 Å². The molecule has 1 heterocycles. The molecule has 1 amide bonds. The number of rotatable bonds is 4. The van der Waals surface area contributed by atoms with Gasteiger partial charge in [-0.2, -0.15) is 0 Å². The minimum atomic E-state index is -1.04. The van der Waals surface area contributed by atoms with E-state index in [1.165, 1.54) is 13.0 Å². The molecule has 0 radical (unpaired) electrons. The predicted octanol–water partition coefficient (Wildman–Crippen LogP) is 2.46. The van der Waals surface area contributed by atoms with Gasteiger partial charge in [-0.3, -0.25) is 14.9 Å². The standard InChI is InChI=1S/C19H14N2O9/c1-8-15(23)13(21(27)28)6-9-5-12(19(26)30-16(8)9)17(24)20-10-3-4-14(22)11(7-10)18(25)29-2/h3-7,22-23H,1-2H3,(H,20,24). The summed E-state index contributed by atoms with van der Waals surface area (Å²) in [5.74, 6) is -2.77. The Hall–Kier alpha value is -4.41. The van der Waals surface area contributed by atoms with Crippen molar-refractivity contribution in [2.75, 3.05) is 12.4 Å². The fourth-order valence-corrected chi connectivity index (χ4v) is 2.79. The first-order valence-corrected chi connectivity index (χ1v) is 8.31. The minimum Gasteiger partial charge on any atom is -0.507 e. The molecule has 0 aliphatic carbocycles. The molecule has 154 valence electrons. The van der Waals surface area contributed by atoms with Gasteiger partial charge < -0.3 is 24.7 Å². The lowest BCUT2D eigenvalue weighted by molar-refractivity contribution is -0.385. The predicted molar refractivity (Wildman–Crippen MR) is 103 cm³/mol. The van der Waals surface area contributed by atoms with Gasteiger partial charge in [0, 0.05) is 22.7 Å². The normalized spacial score (nSPS) is 10.6. The number of amides is 1. The number of phenolic OH excluding ortho intramolecular Hbond substituents is 2. The SMILES string of the molecule is COC(=O)c1cc(NC(=O)c2cc3cc([N+](=O)[O-])c(O)c(C)c3oc2=O)ccc1O. The van der Waals surface area contributed by atoms with Crippen LogP contribution in [0.3, 0.4) is 0 Å². The highest BCUT2D eigenvalue weighted by Crippen LogP contribution is 2.35. The van der Waals surface area contributed by atoms with Gasteiger partial charge in [-0.15, -0.1) is 0 Å². The van der Waals surface area contributed by atoms with Crippen molar-refractivity contribution >= 4 is 34.2 Å². The van der Waals surface area contributed by atoms with E-state index in [2.05, 4.69) is 10.1 Å². The van der Waals surface area contributed by atoms with E-state index in [1.807, 2.05) is 0 Å². The molecule has 11 heteroatoms. The van der Waals surface area contributed by atoms with Crippen LogP contribution in [0, 0.1) is 17.0 Å². The first kappa shape index (κ1) is 20.3. The van der Waals surface area contributed by atoms with Crippen molar-refractivity contribution in [1.82, 2.24) is 0 Å². The van der Waals surface area contributed by atoms with Gasteiger partial charge in [0.15, 0.2) is 0 Å². The van der Waals surface area contributed by atoms with Crippen molar-refractivity contribution in [3.05, 3.63) is 67.6 Å². The Morgan fingerprint density at radius 1 is 1.17 bits per heavy atom. The van der Waals surface area contributed by atoms with Gasteiger partial charge in [-0.05, 0) is 31.2 Å². The number of aromatic hydroxyl groups is 2. The summed E-state index contributed by atoms with van der Waals surface area (Å²) >= 11 is 0. The Balaban J connectivity index is 2.04. The third kappa shape index (κ3) is 3.51.